The predicted molar refractivity (Wildman–Crippen MR) is 89.9 cm³/mol. The van der Waals surface area contributed by atoms with E-state index >= 15 is 0 Å². The van der Waals surface area contributed by atoms with E-state index in [1.165, 1.54) is 0 Å². The Morgan fingerprint density at radius 1 is 1.28 bits per heavy atom. The van der Waals surface area contributed by atoms with Crippen molar-refractivity contribution >= 4 is 17.5 Å². The van der Waals surface area contributed by atoms with E-state index in [0.717, 1.165) is 18.9 Å². The molecule has 2 amide bonds. The summed E-state index contributed by atoms with van der Waals surface area (Å²) in [5, 5.41) is 0. The zero-order valence-electron chi connectivity index (χ0n) is 13.7. The summed E-state index contributed by atoms with van der Waals surface area (Å²) in [6, 6.07) is 7.19. The number of carbonyl (C=O) groups excluding carboxylic acids is 2. The third-order valence-corrected chi connectivity index (χ3v) is 4.57. The van der Waals surface area contributed by atoms with Crippen molar-refractivity contribution in [1.82, 2.24) is 14.5 Å². The number of para-hydroxylation sites is 2. The number of hydrogen-bond donors (Lipinski definition) is 1. The first-order valence-corrected chi connectivity index (χ1v) is 8.19. The summed E-state index contributed by atoms with van der Waals surface area (Å²) >= 11 is 0. The molecule has 2 aromatic rings. The minimum absolute atomic E-state index is 0.0815. The summed E-state index contributed by atoms with van der Waals surface area (Å²) in [6.45, 7) is 2.61. The van der Waals surface area contributed by atoms with Crippen LogP contribution in [0.15, 0.2) is 36.7 Å². The van der Waals surface area contributed by atoms with Crippen molar-refractivity contribution in [2.75, 3.05) is 24.5 Å². The van der Waals surface area contributed by atoms with Crippen LogP contribution in [0.1, 0.15) is 5.82 Å². The lowest BCUT2D eigenvalue weighted by atomic mass is 10.1. The number of hydrogen-bond acceptors (Lipinski definition) is 5. The lowest BCUT2D eigenvalue weighted by Crippen LogP contribution is -2.52. The highest BCUT2D eigenvalue weighted by molar-refractivity contribution is 5.98. The second-order valence-electron chi connectivity index (χ2n) is 6.23. The number of anilines is 1. The van der Waals surface area contributed by atoms with Crippen LogP contribution in [0.4, 0.5) is 5.69 Å². The van der Waals surface area contributed by atoms with Crippen molar-refractivity contribution < 1.29 is 14.3 Å². The normalized spacial score (nSPS) is 19.7. The Kier molecular flexibility index (Phi) is 3.89. The van der Waals surface area contributed by atoms with Gasteiger partial charge in [0.25, 0.3) is 5.91 Å². The Hall–Kier alpha value is -2.87. The first-order chi connectivity index (χ1) is 12.1. The summed E-state index contributed by atoms with van der Waals surface area (Å²) in [7, 11) is 0. The van der Waals surface area contributed by atoms with Crippen LogP contribution in [0.5, 0.6) is 5.75 Å². The summed E-state index contributed by atoms with van der Waals surface area (Å²) in [5.74, 6) is 0.797. The molecule has 0 bridgehead atoms. The summed E-state index contributed by atoms with van der Waals surface area (Å²) < 4.78 is 7.70. The first-order valence-electron chi connectivity index (χ1n) is 8.19. The van der Waals surface area contributed by atoms with Gasteiger partial charge in [-0.25, -0.2) is 4.98 Å². The van der Waals surface area contributed by atoms with Crippen LogP contribution in [0, 0.1) is 0 Å². The zero-order chi connectivity index (χ0) is 17.4. The molecule has 0 saturated carbocycles. The standard InChI is InChI=1S/C17H19N5O3/c18-17(24)14-9-22(12-3-1-2-4-13(12)25-14)16(23)11-20-7-8-21-6-5-19-15(21)10-20/h1-6,14H,7-11H2,(H2,18,24). The molecule has 4 rings (SSSR count). The first kappa shape index (κ1) is 15.6. The van der Waals surface area contributed by atoms with Crippen molar-refractivity contribution in [3.8, 4) is 5.75 Å². The highest BCUT2D eigenvalue weighted by atomic mass is 16.5. The molecule has 0 saturated heterocycles. The average Bonchev–Trinajstić information content (AvgIpc) is 3.08. The number of ether oxygens (including phenoxy) is 1. The highest BCUT2D eigenvalue weighted by Gasteiger charge is 2.33. The quantitative estimate of drug-likeness (QED) is 0.847. The van der Waals surface area contributed by atoms with Gasteiger partial charge in [-0.1, -0.05) is 12.1 Å². The van der Waals surface area contributed by atoms with E-state index in [1.54, 1.807) is 23.2 Å². The fourth-order valence-electron chi connectivity index (χ4n) is 3.25. The summed E-state index contributed by atoms with van der Waals surface area (Å²) in [4.78, 5) is 32.4. The van der Waals surface area contributed by atoms with E-state index in [2.05, 4.69) is 14.5 Å². The third kappa shape index (κ3) is 2.96. The maximum Gasteiger partial charge on any atom is 0.260 e. The lowest BCUT2D eigenvalue weighted by Gasteiger charge is -2.35. The van der Waals surface area contributed by atoms with E-state index in [4.69, 9.17) is 10.5 Å². The Morgan fingerprint density at radius 3 is 2.96 bits per heavy atom. The number of benzene rings is 1. The zero-order valence-corrected chi connectivity index (χ0v) is 13.7. The number of rotatable bonds is 3. The van der Waals surface area contributed by atoms with Crippen molar-refractivity contribution in [3.05, 3.63) is 42.5 Å². The van der Waals surface area contributed by atoms with Crippen molar-refractivity contribution in [1.29, 1.82) is 0 Å². The summed E-state index contributed by atoms with van der Waals surface area (Å²) in [5.41, 5.74) is 6.06. The van der Waals surface area contributed by atoms with E-state index in [0.29, 0.717) is 18.0 Å². The molecule has 2 aliphatic heterocycles. The van der Waals surface area contributed by atoms with Crippen LogP contribution in [0.2, 0.25) is 0 Å². The van der Waals surface area contributed by atoms with Gasteiger partial charge in [0.15, 0.2) is 6.10 Å². The molecule has 0 aliphatic carbocycles. The molecule has 1 aromatic heterocycles. The Bertz CT molecular complexity index is 818. The molecule has 0 spiro atoms. The Balaban J connectivity index is 1.52. The maximum atomic E-state index is 12.9. The van der Waals surface area contributed by atoms with Crippen LogP contribution in [0.3, 0.4) is 0 Å². The number of nitrogens with two attached hydrogens (primary N) is 1. The second kappa shape index (κ2) is 6.21. The molecule has 1 atom stereocenters. The van der Waals surface area contributed by atoms with E-state index in [-0.39, 0.29) is 19.0 Å². The van der Waals surface area contributed by atoms with Crippen molar-refractivity contribution in [2.45, 2.75) is 19.2 Å². The van der Waals surface area contributed by atoms with E-state index < -0.39 is 12.0 Å². The van der Waals surface area contributed by atoms with Crippen LogP contribution >= 0.6 is 0 Å². The van der Waals surface area contributed by atoms with Crippen LogP contribution in [-0.4, -0.2) is 52.0 Å². The number of imidazole rings is 1. The van der Waals surface area contributed by atoms with Gasteiger partial charge in [-0.15, -0.1) is 0 Å². The van der Waals surface area contributed by atoms with Gasteiger partial charge in [-0.2, -0.15) is 0 Å². The minimum Gasteiger partial charge on any atom is -0.477 e. The fourth-order valence-corrected chi connectivity index (χ4v) is 3.25. The topological polar surface area (TPSA) is 93.7 Å². The molecule has 2 aliphatic rings. The number of carbonyl (C=O) groups is 2. The van der Waals surface area contributed by atoms with E-state index in [1.807, 2.05) is 18.3 Å². The fraction of sp³-hybridized carbons (Fsp3) is 0.353. The molecule has 0 fully saturated rings. The molecule has 3 heterocycles. The molecule has 8 nitrogen and oxygen atoms in total. The van der Waals surface area contributed by atoms with Crippen molar-refractivity contribution in [2.24, 2.45) is 5.73 Å². The Labute approximate surface area is 144 Å². The molecule has 130 valence electrons. The van der Waals surface area contributed by atoms with Gasteiger partial charge < -0.3 is 19.9 Å². The number of fused-ring (bicyclic) bond motifs is 2. The molecule has 8 heteroatoms. The number of aromatic nitrogens is 2. The molecule has 0 radical (unpaired) electrons. The molecular weight excluding hydrogens is 322 g/mol. The van der Waals surface area contributed by atoms with Gasteiger partial charge in [-0.05, 0) is 12.1 Å². The third-order valence-electron chi connectivity index (χ3n) is 4.57. The molecule has 1 aromatic carbocycles. The molecule has 25 heavy (non-hydrogen) atoms. The molecule has 1 unspecified atom stereocenters. The highest BCUT2D eigenvalue weighted by Crippen LogP contribution is 2.33. The van der Waals surface area contributed by atoms with Crippen LogP contribution < -0.4 is 15.4 Å². The van der Waals surface area contributed by atoms with Crippen molar-refractivity contribution in [3.63, 3.8) is 0 Å². The molecule has 2 N–H and O–H groups in total. The monoisotopic (exact) mass is 341 g/mol. The van der Waals surface area contributed by atoms with Gasteiger partial charge in [0.2, 0.25) is 5.91 Å². The van der Waals surface area contributed by atoms with Crippen LogP contribution in [0.25, 0.3) is 0 Å². The summed E-state index contributed by atoms with van der Waals surface area (Å²) in [6.07, 6.45) is 2.89. The van der Waals surface area contributed by atoms with Gasteiger partial charge in [0, 0.05) is 25.5 Å². The number of primary amides is 1. The smallest absolute Gasteiger partial charge is 0.260 e. The average molecular weight is 341 g/mol. The Morgan fingerprint density at radius 2 is 2.12 bits per heavy atom. The van der Waals surface area contributed by atoms with Gasteiger partial charge in [0.1, 0.15) is 11.6 Å². The predicted octanol–water partition coefficient (Wildman–Crippen LogP) is -0.0218. The second-order valence-corrected chi connectivity index (χ2v) is 6.23. The lowest BCUT2D eigenvalue weighted by molar-refractivity contribution is -0.125. The maximum absolute atomic E-state index is 12.9. The van der Waals surface area contributed by atoms with Crippen LogP contribution in [-0.2, 0) is 22.7 Å². The minimum atomic E-state index is -0.834. The molecular formula is C17H19N5O3. The largest absolute Gasteiger partial charge is 0.477 e. The number of amides is 2. The van der Waals surface area contributed by atoms with E-state index in [9.17, 15) is 9.59 Å². The number of nitrogens with zero attached hydrogens (tertiary/aromatic N) is 4. The SMILES string of the molecule is NC(=O)C1CN(C(=O)CN2CCn3ccnc3C2)c2ccccc2O1. The van der Waals surface area contributed by atoms with Gasteiger partial charge in [-0.3, -0.25) is 14.5 Å². The van der Waals surface area contributed by atoms with Gasteiger partial charge >= 0.3 is 0 Å². The van der Waals surface area contributed by atoms with Gasteiger partial charge in [0.05, 0.1) is 25.3 Å².